The lowest BCUT2D eigenvalue weighted by Crippen LogP contribution is -2.28. The van der Waals surface area contributed by atoms with Gasteiger partial charge in [-0.2, -0.15) is 0 Å². The van der Waals surface area contributed by atoms with Crippen molar-refractivity contribution in [1.29, 1.82) is 0 Å². The Morgan fingerprint density at radius 3 is 2.71 bits per heavy atom. The van der Waals surface area contributed by atoms with Crippen molar-refractivity contribution in [3.8, 4) is 0 Å². The number of nitro benzene ring substituents is 1. The van der Waals surface area contributed by atoms with Gasteiger partial charge in [-0.05, 0) is 30.0 Å². The van der Waals surface area contributed by atoms with Crippen LogP contribution in [0.2, 0.25) is 0 Å². The molecule has 0 bridgehead atoms. The maximum absolute atomic E-state index is 11.9. The highest BCUT2D eigenvalue weighted by Gasteiger charge is 2.12. The molecular formula is C14H15N3O3S. The van der Waals surface area contributed by atoms with E-state index in [0.717, 1.165) is 5.56 Å². The molecule has 6 nitrogen and oxygen atoms in total. The Kier molecular flexibility index (Phi) is 4.89. The number of nitrogens with zero attached hydrogens (tertiary/aromatic N) is 1. The lowest BCUT2D eigenvalue weighted by Gasteiger charge is -2.08. The first-order valence-corrected chi connectivity index (χ1v) is 7.27. The number of carbonyl (C=O) groups is 1. The first-order chi connectivity index (χ1) is 10.1. The fraction of sp³-hybridized carbons (Fsp3) is 0.214. The van der Waals surface area contributed by atoms with Crippen LogP contribution in [0, 0.1) is 17.0 Å². The zero-order valence-corrected chi connectivity index (χ0v) is 12.3. The molecule has 1 heterocycles. The van der Waals surface area contributed by atoms with Crippen molar-refractivity contribution in [3.05, 3.63) is 56.3 Å². The molecule has 0 aliphatic rings. The van der Waals surface area contributed by atoms with Crippen molar-refractivity contribution in [3.63, 3.8) is 0 Å². The molecule has 1 amide bonds. The standard InChI is InChI=1S/C14H15N3O3S/c1-10-6-9-21-13(10)14(18)16-8-7-15-11-4-2-3-5-12(11)17(19)20/h2-6,9,15H,7-8H2,1H3,(H,16,18). The average Bonchev–Trinajstić information content (AvgIpc) is 2.90. The van der Waals surface area contributed by atoms with E-state index in [1.165, 1.54) is 17.4 Å². The van der Waals surface area contributed by atoms with Gasteiger partial charge in [-0.1, -0.05) is 12.1 Å². The van der Waals surface area contributed by atoms with E-state index < -0.39 is 4.92 Å². The fourth-order valence-corrected chi connectivity index (χ4v) is 2.68. The Morgan fingerprint density at radius 1 is 1.29 bits per heavy atom. The van der Waals surface area contributed by atoms with Gasteiger partial charge < -0.3 is 10.6 Å². The van der Waals surface area contributed by atoms with Crippen LogP contribution in [0.5, 0.6) is 0 Å². The number of rotatable bonds is 6. The molecular weight excluding hydrogens is 290 g/mol. The van der Waals surface area contributed by atoms with Gasteiger partial charge in [0, 0.05) is 19.2 Å². The second-order valence-electron chi connectivity index (χ2n) is 4.39. The summed E-state index contributed by atoms with van der Waals surface area (Å²) in [6, 6.07) is 8.32. The molecule has 1 aromatic heterocycles. The number of nitro groups is 1. The zero-order valence-electron chi connectivity index (χ0n) is 11.5. The van der Waals surface area contributed by atoms with Crippen LogP contribution >= 0.6 is 11.3 Å². The van der Waals surface area contributed by atoms with Crippen molar-refractivity contribution < 1.29 is 9.72 Å². The predicted molar refractivity (Wildman–Crippen MR) is 83.0 cm³/mol. The SMILES string of the molecule is Cc1ccsc1C(=O)NCCNc1ccccc1[N+](=O)[O-]. The maximum Gasteiger partial charge on any atom is 0.292 e. The molecule has 2 rings (SSSR count). The molecule has 2 aromatic rings. The van der Waals surface area contributed by atoms with Crippen molar-refractivity contribution in [1.82, 2.24) is 5.32 Å². The van der Waals surface area contributed by atoms with E-state index in [9.17, 15) is 14.9 Å². The Morgan fingerprint density at radius 2 is 2.05 bits per heavy atom. The van der Waals surface area contributed by atoms with Crippen LogP contribution in [-0.4, -0.2) is 23.9 Å². The molecule has 7 heteroatoms. The molecule has 0 saturated heterocycles. The van der Waals surface area contributed by atoms with E-state index in [4.69, 9.17) is 0 Å². The molecule has 0 aliphatic heterocycles. The second-order valence-corrected chi connectivity index (χ2v) is 5.31. The summed E-state index contributed by atoms with van der Waals surface area (Å²) in [6.07, 6.45) is 0. The van der Waals surface area contributed by atoms with Crippen LogP contribution < -0.4 is 10.6 Å². The summed E-state index contributed by atoms with van der Waals surface area (Å²) in [4.78, 5) is 23.0. The van der Waals surface area contributed by atoms with Gasteiger partial charge in [0.2, 0.25) is 0 Å². The van der Waals surface area contributed by atoms with Crippen molar-refractivity contribution in [2.45, 2.75) is 6.92 Å². The number of amides is 1. The minimum Gasteiger partial charge on any atom is -0.378 e. The third-order valence-electron chi connectivity index (χ3n) is 2.90. The van der Waals surface area contributed by atoms with E-state index in [0.29, 0.717) is 23.7 Å². The smallest absolute Gasteiger partial charge is 0.292 e. The van der Waals surface area contributed by atoms with E-state index in [2.05, 4.69) is 10.6 Å². The number of para-hydroxylation sites is 2. The van der Waals surface area contributed by atoms with Gasteiger partial charge in [-0.3, -0.25) is 14.9 Å². The molecule has 1 aromatic carbocycles. The summed E-state index contributed by atoms with van der Waals surface area (Å²) >= 11 is 1.40. The zero-order chi connectivity index (χ0) is 15.2. The monoisotopic (exact) mass is 305 g/mol. The van der Waals surface area contributed by atoms with Crippen LogP contribution in [-0.2, 0) is 0 Å². The first-order valence-electron chi connectivity index (χ1n) is 6.39. The largest absolute Gasteiger partial charge is 0.378 e. The third-order valence-corrected chi connectivity index (χ3v) is 3.91. The summed E-state index contributed by atoms with van der Waals surface area (Å²) < 4.78 is 0. The number of hydrogen-bond acceptors (Lipinski definition) is 5. The van der Waals surface area contributed by atoms with Gasteiger partial charge in [-0.15, -0.1) is 11.3 Å². The van der Waals surface area contributed by atoms with Crippen molar-refractivity contribution >= 4 is 28.6 Å². The topological polar surface area (TPSA) is 84.3 Å². The van der Waals surface area contributed by atoms with Crippen LogP contribution in [0.1, 0.15) is 15.2 Å². The van der Waals surface area contributed by atoms with E-state index in [1.54, 1.807) is 18.2 Å². The lowest BCUT2D eigenvalue weighted by molar-refractivity contribution is -0.384. The summed E-state index contributed by atoms with van der Waals surface area (Å²) in [5.74, 6) is -0.119. The maximum atomic E-state index is 11.9. The summed E-state index contributed by atoms with van der Waals surface area (Å²) in [5, 5.41) is 18.5. The van der Waals surface area contributed by atoms with Crippen LogP contribution in [0.3, 0.4) is 0 Å². The van der Waals surface area contributed by atoms with Crippen molar-refractivity contribution in [2.75, 3.05) is 18.4 Å². The molecule has 0 saturated carbocycles. The Bertz CT molecular complexity index is 654. The molecule has 0 aliphatic carbocycles. The highest BCUT2D eigenvalue weighted by Crippen LogP contribution is 2.22. The van der Waals surface area contributed by atoms with E-state index in [-0.39, 0.29) is 11.6 Å². The van der Waals surface area contributed by atoms with E-state index >= 15 is 0 Å². The van der Waals surface area contributed by atoms with Gasteiger partial charge in [-0.25, -0.2) is 0 Å². The van der Waals surface area contributed by atoms with Gasteiger partial charge in [0.25, 0.3) is 11.6 Å². The number of aryl methyl sites for hydroxylation is 1. The molecule has 0 unspecified atom stereocenters. The number of anilines is 1. The minimum atomic E-state index is -0.435. The quantitative estimate of drug-likeness (QED) is 0.488. The Balaban J connectivity index is 1.84. The first kappa shape index (κ1) is 15.0. The normalized spacial score (nSPS) is 10.1. The van der Waals surface area contributed by atoms with Crippen LogP contribution in [0.4, 0.5) is 11.4 Å². The molecule has 0 fully saturated rings. The molecule has 110 valence electrons. The number of thiophene rings is 1. The molecule has 21 heavy (non-hydrogen) atoms. The summed E-state index contributed by atoms with van der Waals surface area (Å²) in [7, 11) is 0. The fourth-order valence-electron chi connectivity index (χ4n) is 1.84. The van der Waals surface area contributed by atoms with Gasteiger partial charge in [0.1, 0.15) is 5.69 Å². The second kappa shape index (κ2) is 6.85. The highest BCUT2D eigenvalue weighted by atomic mass is 32.1. The van der Waals surface area contributed by atoms with E-state index in [1.807, 2.05) is 18.4 Å². The minimum absolute atomic E-state index is 0.0259. The number of hydrogen-bond donors (Lipinski definition) is 2. The average molecular weight is 305 g/mol. The highest BCUT2D eigenvalue weighted by molar-refractivity contribution is 7.12. The molecule has 2 N–H and O–H groups in total. The van der Waals surface area contributed by atoms with Crippen molar-refractivity contribution in [2.24, 2.45) is 0 Å². The Labute approximate surface area is 126 Å². The number of nitrogens with one attached hydrogen (secondary N) is 2. The van der Waals surface area contributed by atoms with Crippen LogP contribution in [0.25, 0.3) is 0 Å². The number of benzene rings is 1. The summed E-state index contributed by atoms with van der Waals surface area (Å²) in [5.41, 5.74) is 1.42. The lowest BCUT2D eigenvalue weighted by atomic mass is 10.2. The molecule has 0 radical (unpaired) electrons. The van der Waals surface area contributed by atoms with Gasteiger partial charge >= 0.3 is 0 Å². The van der Waals surface area contributed by atoms with Gasteiger partial charge in [0.15, 0.2) is 0 Å². The van der Waals surface area contributed by atoms with Gasteiger partial charge in [0.05, 0.1) is 9.80 Å². The predicted octanol–water partition coefficient (Wildman–Crippen LogP) is 2.81. The molecule has 0 atom stereocenters. The summed E-state index contributed by atoms with van der Waals surface area (Å²) in [6.45, 7) is 2.69. The Hall–Kier alpha value is -2.41. The van der Waals surface area contributed by atoms with Crippen LogP contribution in [0.15, 0.2) is 35.7 Å². The molecule has 0 spiro atoms. The number of carbonyl (C=O) groups excluding carboxylic acids is 1. The third kappa shape index (κ3) is 3.79.